The first kappa shape index (κ1) is 10.8. The predicted octanol–water partition coefficient (Wildman–Crippen LogP) is 3.43. The fourth-order valence-electron chi connectivity index (χ4n) is 1.69. The minimum atomic E-state index is -0.748. The van der Waals surface area contributed by atoms with Crippen molar-refractivity contribution in [3.63, 3.8) is 0 Å². The normalized spacial score (nSPS) is 26.8. The standard InChI is InChI=1S/C10H10BrClOS/c11-7-2-1-3-8(12)9(7)10(13)4-5-14-6-10/h1-3,13H,4-6H2. The van der Waals surface area contributed by atoms with Gasteiger partial charge in [-0.25, -0.2) is 0 Å². The first-order valence-corrected chi connectivity index (χ1v) is 6.71. The maximum absolute atomic E-state index is 10.4. The molecule has 0 radical (unpaired) electrons. The highest BCUT2D eigenvalue weighted by Crippen LogP contribution is 2.42. The van der Waals surface area contributed by atoms with E-state index in [1.807, 2.05) is 18.2 Å². The molecule has 4 heteroatoms. The van der Waals surface area contributed by atoms with E-state index in [-0.39, 0.29) is 0 Å². The molecule has 0 spiro atoms. The van der Waals surface area contributed by atoms with E-state index in [2.05, 4.69) is 15.9 Å². The highest BCUT2D eigenvalue weighted by molar-refractivity contribution is 9.10. The van der Waals surface area contributed by atoms with Crippen molar-refractivity contribution in [1.29, 1.82) is 0 Å². The molecule has 1 unspecified atom stereocenters. The van der Waals surface area contributed by atoms with Crippen molar-refractivity contribution in [3.05, 3.63) is 33.3 Å². The molecule has 1 nitrogen and oxygen atoms in total. The molecule has 1 saturated heterocycles. The van der Waals surface area contributed by atoms with Crippen molar-refractivity contribution in [2.45, 2.75) is 12.0 Å². The van der Waals surface area contributed by atoms with E-state index in [0.717, 1.165) is 28.0 Å². The molecule has 1 N–H and O–H groups in total. The number of hydrogen-bond donors (Lipinski definition) is 1. The summed E-state index contributed by atoms with van der Waals surface area (Å²) in [5.41, 5.74) is 0.0913. The SMILES string of the molecule is OC1(c2c(Cl)cccc2Br)CCSC1. The highest BCUT2D eigenvalue weighted by Gasteiger charge is 2.36. The average molecular weight is 294 g/mol. The van der Waals surface area contributed by atoms with Crippen molar-refractivity contribution in [2.24, 2.45) is 0 Å². The quantitative estimate of drug-likeness (QED) is 0.856. The summed E-state index contributed by atoms with van der Waals surface area (Å²) < 4.78 is 0.898. The molecule has 0 saturated carbocycles. The predicted molar refractivity (Wildman–Crippen MR) is 65.0 cm³/mol. The van der Waals surface area contributed by atoms with Gasteiger partial charge in [-0.2, -0.15) is 11.8 Å². The van der Waals surface area contributed by atoms with Crippen LogP contribution < -0.4 is 0 Å². The van der Waals surface area contributed by atoms with Gasteiger partial charge in [0.25, 0.3) is 0 Å². The van der Waals surface area contributed by atoms with Gasteiger partial charge in [0.2, 0.25) is 0 Å². The molecular formula is C10H10BrClOS. The Kier molecular flexibility index (Phi) is 3.12. The van der Waals surface area contributed by atoms with Gasteiger partial charge in [0.05, 0.1) is 0 Å². The number of benzene rings is 1. The number of thioether (sulfide) groups is 1. The molecule has 0 amide bonds. The van der Waals surface area contributed by atoms with Crippen LogP contribution in [0.15, 0.2) is 22.7 Å². The van der Waals surface area contributed by atoms with Crippen LogP contribution in [0.25, 0.3) is 0 Å². The second-order valence-electron chi connectivity index (χ2n) is 3.43. The van der Waals surface area contributed by atoms with Gasteiger partial charge in [-0.05, 0) is 24.3 Å². The van der Waals surface area contributed by atoms with E-state index in [1.165, 1.54) is 0 Å². The summed E-state index contributed by atoms with van der Waals surface area (Å²) in [7, 11) is 0. The van der Waals surface area contributed by atoms with Gasteiger partial charge in [0.1, 0.15) is 5.60 Å². The number of rotatable bonds is 1. The van der Waals surface area contributed by atoms with Crippen LogP contribution in [0.4, 0.5) is 0 Å². The van der Waals surface area contributed by atoms with E-state index in [1.54, 1.807) is 11.8 Å². The third-order valence-electron chi connectivity index (χ3n) is 2.43. The molecule has 14 heavy (non-hydrogen) atoms. The molecule has 1 atom stereocenters. The summed E-state index contributed by atoms with van der Waals surface area (Å²) in [5, 5.41) is 11.0. The van der Waals surface area contributed by atoms with Crippen LogP contribution in [0.5, 0.6) is 0 Å². The Hall–Kier alpha value is 0.300. The van der Waals surface area contributed by atoms with E-state index < -0.39 is 5.60 Å². The van der Waals surface area contributed by atoms with Gasteiger partial charge in [-0.3, -0.25) is 0 Å². The Morgan fingerprint density at radius 2 is 2.29 bits per heavy atom. The Morgan fingerprint density at radius 1 is 1.50 bits per heavy atom. The molecule has 2 rings (SSSR count). The lowest BCUT2D eigenvalue weighted by Gasteiger charge is -2.24. The Balaban J connectivity index is 2.49. The molecule has 1 aromatic rings. The van der Waals surface area contributed by atoms with Crippen LogP contribution in [0.1, 0.15) is 12.0 Å². The zero-order chi connectivity index (χ0) is 10.2. The maximum atomic E-state index is 10.4. The fraction of sp³-hybridized carbons (Fsp3) is 0.400. The van der Waals surface area contributed by atoms with Crippen molar-refractivity contribution in [2.75, 3.05) is 11.5 Å². The zero-order valence-electron chi connectivity index (χ0n) is 7.46. The van der Waals surface area contributed by atoms with E-state index in [0.29, 0.717) is 5.02 Å². The van der Waals surface area contributed by atoms with Gasteiger partial charge in [0.15, 0.2) is 0 Å². The second kappa shape index (κ2) is 4.05. The third-order valence-corrected chi connectivity index (χ3v) is 4.58. The summed E-state index contributed by atoms with van der Waals surface area (Å²) in [4.78, 5) is 0. The number of hydrogen-bond acceptors (Lipinski definition) is 2. The average Bonchev–Trinajstić information content (AvgIpc) is 2.52. The van der Waals surface area contributed by atoms with E-state index >= 15 is 0 Å². The first-order chi connectivity index (χ1) is 6.63. The zero-order valence-corrected chi connectivity index (χ0v) is 10.6. The van der Waals surface area contributed by atoms with Crippen LogP contribution in [0.3, 0.4) is 0 Å². The van der Waals surface area contributed by atoms with Crippen LogP contribution in [-0.4, -0.2) is 16.6 Å². The van der Waals surface area contributed by atoms with Gasteiger partial charge in [0, 0.05) is 20.8 Å². The Morgan fingerprint density at radius 3 is 2.86 bits per heavy atom. The number of halogens is 2. The molecular weight excluding hydrogens is 284 g/mol. The van der Waals surface area contributed by atoms with E-state index in [4.69, 9.17) is 11.6 Å². The molecule has 1 aromatic carbocycles. The van der Waals surface area contributed by atoms with Crippen LogP contribution in [0, 0.1) is 0 Å². The second-order valence-corrected chi connectivity index (χ2v) is 5.80. The summed E-state index contributed by atoms with van der Waals surface area (Å²) in [6.45, 7) is 0. The highest BCUT2D eigenvalue weighted by atomic mass is 79.9. The molecule has 0 aliphatic carbocycles. The monoisotopic (exact) mass is 292 g/mol. The van der Waals surface area contributed by atoms with Crippen molar-refractivity contribution >= 4 is 39.3 Å². The van der Waals surface area contributed by atoms with Gasteiger partial charge >= 0.3 is 0 Å². The molecule has 1 aliphatic heterocycles. The molecule has 0 aromatic heterocycles. The summed E-state index contributed by atoms with van der Waals surface area (Å²) in [6, 6.07) is 5.62. The molecule has 1 aliphatic rings. The van der Waals surface area contributed by atoms with Gasteiger partial charge < -0.3 is 5.11 Å². The Bertz CT molecular complexity index is 330. The van der Waals surface area contributed by atoms with Crippen LogP contribution in [-0.2, 0) is 5.60 Å². The smallest absolute Gasteiger partial charge is 0.102 e. The topological polar surface area (TPSA) is 20.2 Å². The minimum Gasteiger partial charge on any atom is -0.384 e. The number of aliphatic hydroxyl groups is 1. The van der Waals surface area contributed by atoms with Gasteiger partial charge in [-0.1, -0.05) is 33.6 Å². The molecule has 1 heterocycles. The van der Waals surface area contributed by atoms with Crippen molar-refractivity contribution in [3.8, 4) is 0 Å². The maximum Gasteiger partial charge on any atom is 0.102 e. The molecule has 76 valence electrons. The van der Waals surface area contributed by atoms with Gasteiger partial charge in [-0.15, -0.1) is 0 Å². The van der Waals surface area contributed by atoms with Crippen LogP contribution >= 0.6 is 39.3 Å². The molecule has 0 bridgehead atoms. The largest absolute Gasteiger partial charge is 0.384 e. The Labute approximate surface area is 101 Å². The lowest BCUT2D eigenvalue weighted by atomic mass is 9.93. The summed E-state index contributed by atoms with van der Waals surface area (Å²) in [5.74, 6) is 1.73. The lowest BCUT2D eigenvalue weighted by Crippen LogP contribution is -2.25. The first-order valence-electron chi connectivity index (χ1n) is 4.38. The third kappa shape index (κ3) is 1.83. The summed E-state index contributed by atoms with van der Waals surface area (Å²) >= 11 is 11.3. The van der Waals surface area contributed by atoms with Crippen molar-refractivity contribution in [1.82, 2.24) is 0 Å². The van der Waals surface area contributed by atoms with Crippen molar-refractivity contribution < 1.29 is 5.11 Å². The molecule has 1 fully saturated rings. The lowest BCUT2D eigenvalue weighted by molar-refractivity contribution is 0.0651. The fourth-order valence-corrected chi connectivity index (χ4v) is 4.15. The van der Waals surface area contributed by atoms with E-state index in [9.17, 15) is 5.11 Å². The van der Waals surface area contributed by atoms with Crippen LogP contribution in [0.2, 0.25) is 5.02 Å². The minimum absolute atomic E-state index is 0.643. The summed E-state index contributed by atoms with van der Waals surface area (Å²) in [6.07, 6.45) is 0.778.